The molecule has 1 N–H and O–H groups in total. The Morgan fingerprint density at radius 2 is 2.00 bits per heavy atom. The average molecular weight is 315 g/mol. The highest BCUT2D eigenvalue weighted by Gasteiger charge is 2.18. The summed E-state index contributed by atoms with van der Waals surface area (Å²) in [4.78, 5) is 4.11. The number of hydrogen-bond acceptors (Lipinski definition) is 3. The lowest BCUT2D eigenvalue weighted by Crippen LogP contribution is -2.44. The molecule has 1 unspecified atom stereocenters. The molecule has 1 aromatic heterocycles. The molecule has 0 bridgehead atoms. The van der Waals surface area contributed by atoms with Crippen molar-refractivity contribution in [1.29, 1.82) is 0 Å². The van der Waals surface area contributed by atoms with Gasteiger partial charge in [-0.1, -0.05) is 13.8 Å². The van der Waals surface area contributed by atoms with E-state index in [1.54, 1.807) is 12.4 Å². The van der Waals surface area contributed by atoms with Crippen molar-refractivity contribution >= 4 is 15.9 Å². The molecule has 102 valence electrons. The SMILES string of the molecule is CC(C)C(CNC(C)(C)C)Oc1cncc(Br)c1. The van der Waals surface area contributed by atoms with Crippen molar-refractivity contribution in [3.63, 3.8) is 0 Å². The highest BCUT2D eigenvalue weighted by Crippen LogP contribution is 2.19. The van der Waals surface area contributed by atoms with E-state index in [4.69, 9.17) is 4.74 Å². The van der Waals surface area contributed by atoms with Gasteiger partial charge in [-0.15, -0.1) is 0 Å². The Balaban J connectivity index is 2.63. The predicted octanol–water partition coefficient (Wildman–Crippen LogP) is 3.64. The third-order valence-electron chi connectivity index (χ3n) is 2.54. The van der Waals surface area contributed by atoms with E-state index in [1.807, 2.05) is 6.07 Å². The largest absolute Gasteiger partial charge is 0.487 e. The standard InChI is InChI=1S/C14H23BrN2O/c1-10(2)13(9-17-14(3,4)5)18-12-6-11(15)7-16-8-12/h6-8,10,13,17H,9H2,1-5H3. The summed E-state index contributed by atoms with van der Waals surface area (Å²) in [7, 11) is 0. The minimum absolute atomic E-state index is 0.103. The normalized spacial score (nSPS) is 13.7. The molecule has 1 rings (SSSR count). The molecule has 0 aromatic carbocycles. The number of pyridine rings is 1. The summed E-state index contributed by atoms with van der Waals surface area (Å²) in [5.41, 5.74) is 0.103. The van der Waals surface area contributed by atoms with Gasteiger partial charge in [0.05, 0.1) is 6.20 Å². The number of nitrogens with one attached hydrogen (secondary N) is 1. The first kappa shape index (κ1) is 15.4. The van der Waals surface area contributed by atoms with Crippen LogP contribution in [0.5, 0.6) is 5.75 Å². The molecule has 0 spiro atoms. The molecule has 0 fully saturated rings. The van der Waals surface area contributed by atoms with Crippen molar-refractivity contribution in [3.8, 4) is 5.75 Å². The second kappa shape index (κ2) is 6.53. The van der Waals surface area contributed by atoms with Crippen molar-refractivity contribution in [2.75, 3.05) is 6.54 Å². The summed E-state index contributed by atoms with van der Waals surface area (Å²) in [5.74, 6) is 1.25. The Labute approximate surface area is 118 Å². The number of hydrogen-bond donors (Lipinski definition) is 1. The molecule has 18 heavy (non-hydrogen) atoms. The highest BCUT2D eigenvalue weighted by molar-refractivity contribution is 9.10. The first-order chi connectivity index (χ1) is 8.28. The van der Waals surface area contributed by atoms with E-state index in [-0.39, 0.29) is 11.6 Å². The van der Waals surface area contributed by atoms with Gasteiger partial charge >= 0.3 is 0 Å². The van der Waals surface area contributed by atoms with Crippen molar-refractivity contribution < 1.29 is 4.74 Å². The first-order valence-corrected chi connectivity index (χ1v) is 7.09. The molecule has 0 radical (unpaired) electrons. The Kier molecular flexibility index (Phi) is 5.60. The number of aromatic nitrogens is 1. The van der Waals surface area contributed by atoms with Crippen LogP contribution in [-0.4, -0.2) is 23.2 Å². The fourth-order valence-electron chi connectivity index (χ4n) is 1.45. The number of rotatable bonds is 5. The molecule has 1 heterocycles. The maximum atomic E-state index is 6.00. The number of nitrogens with zero attached hydrogens (tertiary/aromatic N) is 1. The molecule has 0 aliphatic heterocycles. The van der Waals surface area contributed by atoms with Crippen LogP contribution < -0.4 is 10.1 Å². The zero-order valence-electron chi connectivity index (χ0n) is 11.8. The Morgan fingerprint density at radius 1 is 1.33 bits per heavy atom. The van der Waals surface area contributed by atoms with Gasteiger partial charge in [0.2, 0.25) is 0 Å². The second-order valence-corrected chi connectivity index (χ2v) is 6.79. The van der Waals surface area contributed by atoms with Crippen LogP contribution in [0.25, 0.3) is 0 Å². The second-order valence-electron chi connectivity index (χ2n) is 5.87. The van der Waals surface area contributed by atoms with Crippen LogP contribution in [-0.2, 0) is 0 Å². The van der Waals surface area contributed by atoms with Crippen molar-refractivity contribution in [1.82, 2.24) is 10.3 Å². The van der Waals surface area contributed by atoms with Crippen LogP contribution in [0.3, 0.4) is 0 Å². The molecular formula is C14H23BrN2O. The van der Waals surface area contributed by atoms with Gasteiger partial charge < -0.3 is 10.1 Å². The number of halogens is 1. The smallest absolute Gasteiger partial charge is 0.139 e. The third-order valence-corrected chi connectivity index (χ3v) is 2.98. The summed E-state index contributed by atoms with van der Waals surface area (Å²) >= 11 is 3.40. The van der Waals surface area contributed by atoms with Gasteiger partial charge in [-0.25, -0.2) is 0 Å². The quantitative estimate of drug-likeness (QED) is 0.901. The predicted molar refractivity (Wildman–Crippen MR) is 78.9 cm³/mol. The minimum Gasteiger partial charge on any atom is -0.487 e. The molecule has 4 heteroatoms. The summed E-state index contributed by atoms with van der Waals surface area (Å²) in [6.45, 7) is 11.6. The summed E-state index contributed by atoms with van der Waals surface area (Å²) in [5, 5.41) is 3.48. The van der Waals surface area contributed by atoms with Gasteiger partial charge in [0.1, 0.15) is 11.9 Å². The molecule has 1 atom stereocenters. The van der Waals surface area contributed by atoms with Gasteiger partial charge in [-0.3, -0.25) is 4.98 Å². The molecular weight excluding hydrogens is 292 g/mol. The van der Waals surface area contributed by atoms with E-state index in [0.717, 1.165) is 16.8 Å². The molecule has 3 nitrogen and oxygen atoms in total. The fourth-order valence-corrected chi connectivity index (χ4v) is 1.80. The maximum absolute atomic E-state index is 6.00. The van der Waals surface area contributed by atoms with Crippen LogP contribution in [0.4, 0.5) is 0 Å². The average Bonchev–Trinajstić information content (AvgIpc) is 2.22. The van der Waals surface area contributed by atoms with Gasteiger partial charge in [-0.05, 0) is 48.7 Å². The number of ether oxygens (including phenoxy) is 1. The van der Waals surface area contributed by atoms with Crippen molar-refractivity contribution in [2.45, 2.75) is 46.3 Å². The van der Waals surface area contributed by atoms with Crippen LogP contribution in [0, 0.1) is 5.92 Å². The van der Waals surface area contributed by atoms with Gasteiger partial charge in [0.15, 0.2) is 0 Å². The zero-order valence-corrected chi connectivity index (χ0v) is 13.4. The summed E-state index contributed by atoms with van der Waals surface area (Å²) < 4.78 is 6.93. The van der Waals surface area contributed by atoms with Crippen molar-refractivity contribution in [2.24, 2.45) is 5.92 Å². The Morgan fingerprint density at radius 3 is 2.50 bits per heavy atom. The van der Waals surface area contributed by atoms with Gasteiger partial charge in [-0.2, -0.15) is 0 Å². The van der Waals surface area contributed by atoms with Crippen LogP contribution >= 0.6 is 15.9 Å². The van der Waals surface area contributed by atoms with Crippen LogP contribution in [0.1, 0.15) is 34.6 Å². The maximum Gasteiger partial charge on any atom is 0.139 e. The molecule has 0 saturated heterocycles. The molecule has 0 saturated carbocycles. The van der Waals surface area contributed by atoms with Crippen LogP contribution in [0.2, 0.25) is 0 Å². The van der Waals surface area contributed by atoms with Crippen LogP contribution in [0.15, 0.2) is 22.9 Å². The van der Waals surface area contributed by atoms with E-state index < -0.39 is 0 Å². The van der Waals surface area contributed by atoms with Crippen molar-refractivity contribution in [3.05, 3.63) is 22.9 Å². The summed E-state index contributed by atoms with van der Waals surface area (Å²) in [6, 6.07) is 1.94. The minimum atomic E-state index is 0.103. The van der Waals surface area contributed by atoms with E-state index in [9.17, 15) is 0 Å². The highest BCUT2D eigenvalue weighted by atomic mass is 79.9. The summed E-state index contributed by atoms with van der Waals surface area (Å²) in [6.07, 6.45) is 3.64. The molecule has 0 aliphatic rings. The van der Waals surface area contributed by atoms with E-state index in [2.05, 4.69) is 60.8 Å². The monoisotopic (exact) mass is 314 g/mol. The van der Waals surface area contributed by atoms with E-state index >= 15 is 0 Å². The topological polar surface area (TPSA) is 34.1 Å². The first-order valence-electron chi connectivity index (χ1n) is 6.30. The lowest BCUT2D eigenvalue weighted by Gasteiger charge is -2.28. The van der Waals surface area contributed by atoms with E-state index in [1.165, 1.54) is 0 Å². The third kappa shape index (κ3) is 5.83. The fraction of sp³-hybridized carbons (Fsp3) is 0.643. The lowest BCUT2D eigenvalue weighted by atomic mass is 10.0. The Hall–Kier alpha value is -0.610. The zero-order chi connectivity index (χ0) is 13.8. The van der Waals surface area contributed by atoms with Gasteiger partial charge in [0, 0.05) is 22.8 Å². The molecule has 0 aliphatic carbocycles. The van der Waals surface area contributed by atoms with Gasteiger partial charge in [0.25, 0.3) is 0 Å². The molecule has 1 aromatic rings. The Bertz CT molecular complexity index is 374. The lowest BCUT2D eigenvalue weighted by molar-refractivity contribution is 0.139. The molecule has 0 amide bonds. The van der Waals surface area contributed by atoms with E-state index in [0.29, 0.717) is 5.92 Å².